The minimum Gasteiger partial charge on any atom is -0.321 e. The van der Waals surface area contributed by atoms with Gasteiger partial charge in [-0.1, -0.05) is 28.9 Å². The second-order valence-corrected chi connectivity index (χ2v) is 7.02. The fraction of sp³-hybridized carbons (Fsp3) is 0.176. The number of pyridine rings is 1. The summed E-state index contributed by atoms with van der Waals surface area (Å²) in [5.74, 6) is -0.164. The van der Waals surface area contributed by atoms with Crippen LogP contribution in [0, 0.1) is 6.92 Å². The van der Waals surface area contributed by atoms with Gasteiger partial charge < -0.3 is 5.32 Å². The molecule has 1 amide bonds. The molecular weight excluding hydrogens is 422 g/mol. The van der Waals surface area contributed by atoms with Crippen molar-refractivity contribution in [1.82, 2.24) is 9.38 Å². The predicted molar refractivity (Wildman–Crippen MR) is 99.1 cm³/mol. The van der Waals surface area contributed by atoms with Gasteiger partial charge in [-0.3, -0.25) is 9.20 Å². The van der Waals surface area contributed by atoms with Crippen LogP contribution in [0.15, 0.2) is 45.5 Å². The molecule has 0 bridgehead atoms. The highest BCUT2D eigenvalue weighted by atomic mass is 79.9. The quantitative estimate of drug-likeness (QED) is 0.629. The predicted octanol–water partition coefficient (Wildman–Crippen LogP) is 4.98. The number of halogens is 2. The molecule has 0 aliphatic carbocycles. The van der Waals surface area contributed by atoms with Crippen molar-refractivity contribution < 1.29 is 4.79 Å². The molecule has 23 heavy (non-hydrogen) atoms. The number of nitrogens with zero attached hydrogens (tertiary/aromatic N) is 2. The molecule has 0 unspecified atom stereocenters. The maximum absolute atomic E-state index is 12.8. The van der Waals surface area contributed by atoms with E-state index in [9.17, 15) is 4.79 Å². The number of rotatable bonds is 3. The molecule has 4 nitrogen and oxygen atoms in total. The van der Waals surface area contributed by atoms with Gasteiger partial charge in [0, 0.05) is 20.8 Å². The first kappa shape index (κ1) is 16.2. The van der Waals surface area contributed by atoms with Gasteiger partial charge in [-0.25, -0.2) is 4.98 Å². The van der Waals surface area contributed by atoms with Crippen molar-refractivity contribution >= 4 is 49.1 Å². The number of aromatic nitrogens is 2. The number of carbonyl (C=O) groups is 1. The van der Waals surface area contributed by atoms with Crippen molar-refractivity contribution in [3.63, 3.8) is 0 Å². The molecule has 0 saturated heterocycles. The van der Waals surface area contributed by atoms with E-state index in [1.165, 1.54) is 0 Å². The van der Waals surface area contributed by atoms with Gasteiger partial charge in [0.2, 0.25) is 0 Å². The summed E-state index contributed by atoms with van der Waals surface area (Å²) >= 11 is 6.93. The lowest BCUT2D eigenvalue weighted by molar-refractivity contribution is 0.102. The van der Waals surface area contributed by atoms with Crippen LogP contribution in [0.4, 0.5) is 5.69 Å². The Balaban J connectivity index is 2.02. The first-order valence-electron chi connectivity index (χ1n) is 7.23. The Morgan fingerprint density at radius 1 is 1.26 bits per heavy atom. The molecule has 3 aromatic rings. The number of imidazole rings is 1. The van der Waals surface area contributed by atoms with Crippen molar-refractivity contribution in [3.8, 4) is 0 Å². The van der Waals surface area contributed by atoms with Gasteiger partial charge >= 0.3 is 0 Å². The van der Waals surface area contributed by atoms with Gasteiger partial charge in [0.15, 0.2) is 0 Å². The summed E-state index contributed by atoms with van der Waals surface area (Å²) in [4.78, 5) is 17.3. The van der Waals surface area contributed by atoms with Crippen LogP contribution in [0.2, 0.25) is 0 Å². The number of anilines is 1. The third-order valence-electron chi connectivity index (χ3n) is 3.63. The molecule has 1 aromatic carbocycles. The zero-order chi connectivity index (χ0) is 16.6. The monoisotopic (exact) mass is 435 g/mol. The standard InChI is InChI=1S/C17H15Br2N3O/c1-3-14-16(22-9-11(18)5-7-15(22)21-14)17(23)20-12-6-4-10(2)13(19)8-12/h4-9H,3H2,1-2H3,(H,20,23). The van der Waals surface area contributed by atoms with E-state index in [1.807, 2.05) is 54.8 Å². The summed E-state index contributed by atoms with van der Waals surface area (Å²) in [6, 6.07) is 9.56. The van der Waals surface area contributed by atoms with Crippen LogP contribution < -0.4 is 5.32 Å². The van der Waals surface area contributed by atoms with Crippen LogP contribution in [0.25, 0.3) is 5.65 Å². The van der Waals surface area contributed by atoms with E-state index in [2.05, 4.69) is 42.2 Å². The zero-order valence-electron chi connectivity index (χ0n) is 12.7. The number of benzene rings is 1. The minimum atomic E-state index is -0.164. The molecule has 118 valence electrons. The average Bonchev–Trinajstić information content (AvgIpc) is 2.88. The van der Waals surface area contributed by atoms with E-state index < -0.39 is 0 Å². The van der Waals surface area contributed by atoms with Crippen molar-refractivity contribution in [2.45, 2.75) is 20.3 Å². The SMILES string of the molecule is CCc1nc2ccc(Br)cn2c1C(=O)Nc1ccc(C)c(Br)c1. The van der Waals surface area contributed by atoms with Gasteiger partial charge in [-0.15, -0.1) is 0 Å². The lowest BCUT2D eigenvalue weighted by Gasteiger charge is -2.08. The first-order valence-corrected chi connectivity index (χ1v) is 8.82. The maximum Gasteiger partial charge on any atom is 0.274 e. The van der Waals surface area contributed by atoms with Crippen LogP contribution in [0.3, 0.4) is 0 Å². The number of carbonyl (C=O) groups excluding carboxylic acids is 1. The maximum atomic E-state index is 12.8. The minimum absolute atomic E-state index is 0.164. The third kappa shape index (κ3) is 3.19. The molecule has 0 fully saturated rings. The van der Waals surface area contributed by atoms with Gasteiger partial charge in [0.1, 0.15) is 11.3 Å². The summed E-state index contributed by atoms with van der Waals surface area (Å²) in [5.41, 5.74) is 3.99. The highest BCUT2D eigenvalue weighted by Gasteiger charge is 2.18. The van der Waals surface area contributed by atoms with Crippen molar-refractivity contribution in [2.24, 2.45) is 0 Å². The summed E-state index contributed by atoms with van der Waals surface area (Å²) in [6.45, 7) is 4.00. The Morgan fingerprint density at radius 3 is 2.74 bits per heavy atom. The number of fused-ring (bicyclic) bond motifs is 1. The summed E-state index contributed by atoms with van der Waals surface area (Å²) in [7, 11) is 0. The van der Waals surface area contributed by atoms with E-state index in [4.69, 9.17) is 0 Å². The van der Waals surface area contributed by atoms with Crippen molar-refractivity contribution in [3.05, 3.63) is 62.4 Å². The van der Waals surface area contributed by atoms with Crippen molar-refractivity contribution in [1.29, 1.82) is 0 Å². The first-order chi connectivity index (χ1) is 11.0. The number of hydrogen-bond acceptors (Lipinski definition) is 2. The second kappa shape index (κ2) is 6.45. The van der Waals surface area contributed by atoms with Gasteiger partial charge in [0.25, 0.3) is 5.91 Å². The summed E-state index contributed by atoms with van der Waals surface area (Å²) in [6.07, 6.45) is 2.56. The van der Waals surface area contributed by atoms with Crippen LogP contribution in [0.1, 0.15) is 28.7 Å². The fourth-order valence-electron chi connectivity index (χ4n) is 2.42. The van der Waals surface area contributed by atoms with E-state index >= 15 is 0 Å². The number of nitrogens with one attached hydrogen (secondary N) is 1. The topological polar surface area (TPSA) is 46.4 Å². The number of aryl methyl sites for hydroxylation is 2. The fourth-order valence-corrected chi connectivity index (χ4v) is 3.13. The molecule has 2 heterocycles. The van der Waals surface area contributed by atoms with E-state index in [0.717, 1.165) is 31.5 Å². The molecule has 0 saturated carbocycles. The largest absolute Gasteiger partial charge is 0.321 e. The number of amides is 1. The smallest absolute Gasteiger partial charge is 0.274 e. The molecular formula is C17H15Br2N3O. The Kier molecular flexibility index (Phi) is 4.55. The molecule has 0 atom stereocenters. The van der Waals surface area contributed by atoms with E-state index in [0.29, 0.717) is 12.1 Å². The van der Waals surface area contributed by atoms with Crippen LogP contribution >= 0.6 is 31.9 Å². The van der Waals surface area contributed by atoms with E-state index in [1.54, 1.807) is 0 Å². The van der Waals surface area contributed by atoms with Crippen LogP contribution in [-0.4, -0.2) is 15.3 Å². The third-order valence-corrected chi connectivity index (χ3v) is 4.96. The molecule has 0 aliphatic rings. The van der Waals surface area contributed by atoms with Gasteiger partial charge in [0.05, 0.1) is 5.69 Å². The van der Waals surface area contributed by atoms with Crippen LogP contribution in [-0.2, 0) is 6.42 Å². The Bertz CT molecular complexity index is 902. The molecule has 1 N–H and O–H groups in total. The average molecular weight is 437 g/mol. The summed E-state index contributed by atoms with van der Waals surface area (Å²) in [5, 5.41) is 2.95. The summed E-state index contributed by atoms with van der Waals surface area (Å²) < 4.78 is 3.69. The lowest BCUT2D eigenvalue weighted by Crippen LogP contribution is -2.16. The molecule has 6 heteroatoms. The Hall–Kier alpha value is -1.66. The highest BCUT2D eigenvalue weighted by Crippen LogP contribution is 2.23. The normalized spacial score (nSPS) is 11.0. The molecule has 2 aromatic heterocycles. The molecule has 3 rings (SSSR count). The van der Waals surface area contributed by atoms with Gasteiger partial charge in [-0.2, -0.15) is 0 Å². The van der Waals surface area contributed by atoms with Crippen LogP contribution in [0.5, 0.6) is 0 Å². The zero-order valence-corrected chi connectivity index (χ0v) is 15.9. The lowest BCUT2D eigenvalue weighted by atomic mass is 10.2. The molecule has 0 aliphatic heterocycles. The molecule has 0 radical (unpaired) electrons. The highest BCUT2D eigenvalue weighted by molar-refractivity contribution is 9.10. The van der Waals surface area contributed by atoms with E-state index in [-0.39, 0.29) is 5.91 Å². The van der Waals surface area contributed by atoms with Crippen molar-refractivity contribution in [2.75, 3.05) is 5.32 Å². The molecule has 0 spiro atoms. The Labute approximate surface area is 151 Å². The second-order valence-electron chi connectivity index (χ2n) is 5.25. The Morgan fingerprint density at radius 2 is 2.04 bits per heavy atom. The van der Waals surface area contributed by atoms with Gasteiger partial charge in [-0.05, 0) is 59.1 Å². The number of hydrogen-bond donors (Lipinski definition) is 1.